The van der Waals surface area contributed by atoms with Crippen LogP contribution < -0.4 is 5.32 Å². The van der Waals surface area contributed by atoms with Crippen LogP contribution in [-0.4, -0.2) is 28.3 Å². The highest BCUT2D eigenvalue weighted by molar-refractivity contribution is 5.74. The van der Waals surface area contributed by atoms with Crippen molar-refractivity contribution in [1.82, 2.24) is 15.1 Å². The molecule has 0 spiro atoms. The Morgan fingerprint density at radius 3 is 2.64 bits per heavy atom. The van der Waals surface area contributed by atoms with E-state index in [1.54, 1.807) is 0 Å². The van der Waals surface area contributed by atoms with Crippen LogP contribution >= 0.6 is 0 Å². The topological polar surface area (TPSA) is 86.2 Å². The number of para-hydroxylation sites is 2. The van der Waals surface area contributed by atoms with Gasteiger partial charge in [0.2, 0.25) is 5.89 Å². The molecule has 1 saturated heterocycles. The number of benzene rings is 1. The molecule has 25 heavy (non-hydrogen) atoms. The van der Waals surface area contributed by atoms with Crippen LogP contribution in [0.1, 0.15) is 50.4 Å². The van der Waals surface area contributed by atoms with Crippen LogP contribution in [0.3, 0.4) is 0 Å². The molecule has 1 fully saturated rings. The van der Waals surface area contributed by atoms with E-state index in [1.807, 2.05) is 38.1 Å². The Morgan fingerprint density at radius 2 is 1.92 bits per heavy atom. The Morgan fingerprint density at radius 1 is 1.12 bits per heavy atom. The molecule has 0 amide bonds. The molecule has 1 aromatic carbocycles. The quantitative estimate of drug-likeness (QED) is 0.752. The number of aromatic nitrogens is 3. The number of hydrogen-bond acceptors (Lipinski definition) is 7. The minimum atomic E-state index is -0.142. The van der Waals surface area contributed by atoms with Gasteiger partial charge in [0.15, 0.2) is 11.4 Å². The van der Waals surface area contributed by atoms with E-state index in [2.05, 4.69) is 20.4 Å². The summed E-state index contributed by atoms with van der Waals surface area (Å²) in [6.45, 7) is 5.57. The Kier molecular flexibility index (Phi) is 4.40. The predicted molar refractivity (Wildman–Crippen MR) is 92.3 cm³/mol. The van der Waals surface area contributed by atoms with Gasteiger partial charge in [-0.15, -0.1) is 0 Å². The van der Waals surface area contributed by atoms with Crippen LogP contribution in [0.15, 0.2) is 33.2 Å². The van der Waals surface area contributed by atoms with Crippen LogP contribution in [0.2, 0.25) is 0 Å². The number of oxazole rings is 1. The van der Waals surface area contributed by atoms with E-state index in [4.69, 9.17) is 13.7 Å². The van der Waals surface area contributed by atoms with E-state index >= 15 is 0 Å². The monoisotopic (exact) mass is 342 g/mol. The highest BCUT2D eigenvalue weighted by atomic mass is 16.5. The van der Waals surface area contributed by atoms with Crippen LogP contribution in [-0.2, 0) is 4.74 Å². The Balaban J connectivity index is 1.63. The van der Waals surface area contributed by atoms with Gasteiger partial charge < -0.3 is 19.0 Å². The maximum atomic E-state index is 5.82. The molecule has 4 rings (SSSR count). The summed E-state index contributed by atoms with van der Waals surface area (Å²) in [5.74, 6) is 1.84. The lowest BCUT2D eigenvalue weighted by Gasteiger charge is -2.28. The van der Waals surface area contributed by atoms with Gasteiger partial charge in [0.05, 0.1) is 0 Å². The minimum Gasteiger partial charge on any atom is -0.424 e. The van der Waals surface area contributed by atoms with Crippen molar-refractivity contribution >= 4 is 17.1 Å². The maximum Gasteiger partial charge on any atom is 0.296 e. The van der Waals surface area contributed by atoms with Crippen molar-refractivity contribution in [2.45, 2.75) is 38.6 Å². The highest BCUT2D eigenvalue weighted by Crippen LogP contribution is 2.33. The average molecular weight is 342 g/mol. The van der Waals surface area contributed by atoms with Crippen molar-refractivity contribution in [3.05, 3.63) is 36.0 Å². The summed E-state index contributed by atoms with van der Waals surface area (Å²) in [5.41, 5.74) is 1.58. The first-order valence-electron chi connectivity index (χ1n) is 8.74. The highest BCUT2D eigenvalue weighted by Gasteiger charge is 2.31. The van der Waals surface area contributed by atoms with Gasteiger partial charge in [-0.1, -0.05) is 31.1 Å². The first-order valence-corrected chi connectivity index (χ1v) is 8.74. The van der Waals surface area contributed by atoms with Gasteiger partial charge in [-0.25, -0.2) is 0 Å². The molecule has 132 valence electrons. The van der Waals surface area contributed by atoms with E-state index in [0.29, 0.717) is 23.6 Å². The zero-order chi connectivity index (χ0) is 17.2. The SMILES string of the molecule is CC(C)c1noc([C@@H](Nc2nc3ccccc3o2)C2CCOCC2)n1. The lowest BCUT2D eigenvalue weighted by atomic mass is 9.91. The molecule has 0 unspecified atom stereocenters. The molecule has 1 atom stereocenters. The molecule has 0 radical (unpaired) electrons. The summed E-state index contributed by atoms with van der Waals surface area (Å²) in [6.07, 6.45) is 1.86. The molecule has 0 aliphatic carbocycles. The fourth-order valence-corrected chi connectivity index (χ4v) is 3.11. The van der Waals surface area contributed by atoms with Gasteiger partial charge in [-0.05, 0) is 30.9 Å². The molecule has 0 bridgehead atoms. The molecule has 7 nitrogen and oxygen atoms in total. The van der Waals surface area contributed by atoms with Gasteiger partial charge in [0.1, 0.15) is 11.6 Å². The van der Waals surface area contributed by atoms with Crippen LogP contribution in [0.25, 0.3) is 11.1 Å². The average Bonchev–Trinajstić information content (AvgIpc) is 3.27. The van der Waals surface area contributed by atoms with Crippen LogP contribution in [0, 0.1) is 5.92 Å². The molecule has 2 aromatic heterocycles. The second-order valence-electron chi connectivity index (χ2n) is 6.70. The smallest absolute Gasteiger partial charge is 0.296 e. The molecular formula is C18H22N4O3. The van der Waals surface area contributed by atoms with Gasteiger partial charge in [-0.3, -0.25) is 0 Å². The Hall–Kier alpha value is -2.41. The van der Waals surface area contributed by atoms with E-state index in [1.165, 1.54) is 0 Å². The molecule has 1 N–H and O–H groups in total. The molecule has 3 heterocycles. The summed E-state index contributed by atoms with van der Waals surface area (Å²) < 4.78 is 16.9. The minimum absolute atomic E-state index is 0.142. The van der Waals surface area contributed by atoms with Gasteiger partial charge >= 0.3 is 0 Å². The second-order valence-corrected chi connectivity index (χ2v) is 6.70. The van der Waals surface area contributed by atoms with Crippen molar-refractivity contribution in [2.75, 3.05) is 18.5 Å². The summed E-state index contributed by atoms with van der Waals surface area (Å²) >= 11 is 0. The first-order chi connectivity index (χ1) is 12.2. The van der Waals surface area contributed by atoms with E-state index in [0.717, 1.165) is 37.2 Å². The molecule has 3 aromatic rings. The third-order valence-electron chi connectivity index (χ3n) is 4.55. The largest absolute Gasteiger partial charge is 0.424 e. The lowest BCUT2D eigenvalue weighted by molar-refractivity contribution is 0.0568. The van der Waals surface area contributed by atoms with Crippen LogP contribution in [0.4, 0.5) is 6.01 Å². The third kappa shape index (κ3) is 3.37. The third-order valence-corrected chi connectivity index (χ3v) is 4.55. The molecule has 1 aliphatic heterocycles. The van der Waals surface area contributed by atoms with E-state index in [9.17, 15) is 0 Å². The maximum absolute atomic E-state index is 5.82. The van der Waals surface area contributed by atoms with Crippen molar-refractivity contribution in [3.8, 4) is 0 Å². The number of hydrogen-bond donors (Lipinski definition) is 1. The summed E-state index contributed by atoms with van der Waals surface area (Å²) in [5, 5.41) is 7.48. The van der Waals surface area contributed by atoms with Gasteiger partial charge in [0, 0.05) is 19.1 Å². The molecular weight excluding hydrogens is 320 g/mol. The zero-order valence-electron chi connectivity index (χ0n) is 14.4. The number of rotatable bonds is 5. The second kappa shape index (κ2) is 6.84. The number of nitrogens with one attached hydrogen (secondary N) is 1. The van der Waals surface area contributed by atoms with Crippen molar-refractivity contribution in [2.24, 2.45) is 5.92 Å². The van der Waals surface area contributed by atoms with Crippen LogP contribution in [0.5, 0.6) is 0 Å². The lowest BCUT2D eigenvalue weighted by Crippen LogP contribution is -2.27. The molecule has 0 saturated carbocycles. The summed E-state index contributed by atoms with van der Waals surface area (Å²) in [7, 11) is 0. The van der Waals surface area contributed by atoms with E-state index < -0.39 is 0 Å². The summed E-state index contributed by atoms with van der Waals surface area (Å²) in [6, 6.07) is 8.04. The van der Waals surface area contributed by atoms with E-state index in [-0.39, 0.29) is 12.0 Å². The van der Waals surface area contributed by atoms with Crippen molar-refractivity contribution < 1.29 is 13.7 Å². The normalized spacial score (nSPS) is 17.2. The van der Waals surface area contributed by atoms with Crippen molar-refractivity contribution in [3.63, 3.8) is 0 Å². The van der Waals surface area contributed by atoms with Gasteiger partial charge in [-0.2, -0.15) is 9.97 Å². The Bertz CT molecular complexity index is 803. The summed E-state index contributed by atoms with van der Waals surface area (Å²) in [4.78, 5) is 9.10. The van der Waals surface area contributed by atoms with Crippen molar-refractivity contribution in [1.29, 1.82) is 0 Å². The molecule has 1 aliphatic rings. The fraction of sp³-hybridized carbons (Fsp3) is 0.500. The zero-order valence-corrected chi connectivity index (χ0v) is 14.4. The van der Waals surface area contributed by atoms with Gasteiger partial charge in [0.25, 0.3) is 6.01 Å². The standard InChI is InChI=1S/C18H22N4O3/c1-11(2)16-21-17(25-22-16)15(12-7-9-23-10-8-12)20-18-19-13-5-3-4-6-14(13)24-18/h3-6,11-12,15H,7-10H2,1-2H3,(H,19,20)/t15-/m0/s1. The Labute approximate surface area is 145 Å². The predicted octanol–water partition coefficient (Wildman–Crippen LogP) is 3.91. The number of fused-ring (bicyclic) bond motifs is 1. The fourth-order valence-electron chi connectivity index (χ4n) is 3.11. The first kappa shape index (κ1) is 16.1. The number of anilines is 1. The number of ether oxygens (including phenoxy) is 1. The number of nitrogens with zero attached hydrogens (tertiary/aromatic N) is 3. The molecule has 7 heteroatoms.